The number of aliphatic hydroxyl groups is 1. The number of aromatic nitrogens is 1. The van der Waals surface area contributed by atoms with Gasteiger partial charge in [-0.3, -0.25) is 0 Å². The van der Waals surface area contributed by atoms with Crippen LogP contribution in [0, 0.1) is 0 Å². The Morgan fingerprint density at radius 2 is 2.19 bits per heavy atom. The van der Waals surface area contributed by atoms with Crippen molar-refractivity contribution < 1.29 is 18.3 Å². The van der Waals surface area contributed by atoms with Gasteiger partial charge < -0.3 is 15.2 Å². The van der Waals surface area contributed by atoms with Crippen molar-refractivity contribution in [2.24, 2.45) is 0 Å². The second-order valence-corrected chi connectivity index (χ2v) is 6.76. The lowest BCUT2D eigenvalue weighted by Gasteiger charge is -2.31. The first-order valence-corrected chi connectivity index (χ1v) is 8.38. The van der Waals surface area contributed by atoms with E-state index in [1.165, 1.54) is 22.6 Å². The number of aliphatic hydroxyl groups excluding tert-OH is 1. The monoisotopic (exact) mass is 315 g/mol. The molecule has 1 aliphatic heterocycles. The summed E-state index contributed by atoms with van der Waals surface area (Å²) in [5.74, 6) is 0.525. The predicted molar refractivity (Wildman–Crippen MR) is 78.6 cm³/mol. The van der Waals surface area contributed by atoms with E-state index in [2.05, 4.69) is 10.3 Å². The van der Waals surface area contributed by atoms with Crippen molar-refractivity contribution >= 4 is 15.8 Å². The first-order chi connectivity index (χ1) is 10.1. The molecular weight excluding hydrogens is 294 g/mol. The normalized spacial score (nSPS) is 17.8. The minimum absolute atomic E-state index is 0.0116. The molecule has 2 heterocycles. The summed E-state index contributed by atoms with van der Waals surface area (Å²) in [6.45, 7) is 1.14. The Balaban J connectivity index is 2.04. The van der Waals surface area contributed by atoms with Gasteiger partial charge >= 0.3 is 0 Å². The molecule has 0 saturated carbocycles. The molecule has 1 aliphatic rings. The molecule has 8 heteroatoms. The first kappa shape index (κ1) is 16.2. The molecule has 1 aromatic rings. The largest absolute Gasteiger partial charge is 0.394 e. The van der Waals surface area contributed by atoms with E-state index < -0.39 is 10.0 Å². The molecule has 0 unspecified atom stereocenters. The van der Waals surface area contributed by atoms with Crippen LogP contribution >= 0.6 is 0 Å². The molecule has 0 amide bonds. The average Bonchev–Trinajstić information content (AvgIpc) is 2.53. The summed E-state index contributed by atoms with van der Waals surface area (Å²) in [7, 11) is -1.79. The highest BCUT2D eigenvalue weighted by Crippen LogP contribution is 2.22. The van der Waals surface area contributed by atoms with Crippen LogP contribution in [-0.2, 0) is 14.8 Å². The fraction of sp³-hybridized carbons (Fsp3) is 0.615. The molecule has 2 rings (SSSR count). The Morgan fingerprint density at radius 3 is 2.81 bits per heavy atom. The van der Waals surface area contributed by atoms with Crippen LogP contribution < -0.4 is 5.32 Å². The maximum atomic E-state index is 12.6. The van der Waals surface area contributed by atoms with Crippen LogP contribution in [0.1, 0.15) is 12.8 Å². The zero-order chi connectivity index (χ0) is 15.3. The third kappa shape index (κ3) is 3.91. The predicted octanol–water partition coefficient (Wildman–Crippen LogP) is 0.285. The van der Waals surface area contributed by atoms with Crippen LogP contribution in [0.25, 0.3) is 0 Å². The second-order valence-electron chi connectivity index (χ2n) is 4.82. The molecule has 0 aromatic carbocycles. The Kier molecular flexibility index (Phi) is 5.51. The fourth-order valence-electron chi connectivity index (χ4n) is 2.32. The van der Waals surface area contributed by atoms with Crippen LogP contribution in [0.4, 0.5) is 5.82 Å². The molecule has 0 bridgehead atoms. The smallest absolute Gasteiger partial charge is 0.243 e. The minimum atomic E-state index is -3.49. The van der Waals surface area contributed by atoms with E-state index in [1.807, 2.05) is 0 Å². The van der Waals surface area contributed by atoms with Crippen molar-refractivity contribution in [2.75, 3.05) is 38.7 Å². The van der Waals surface area contributed by atoms with Crippen molar-refractivity contribution in [3.8, 4) is 0 Å². The highest BCUT2D eigenvalue weighted by Gasteiger charge is 2.29. The van der Waals surface area contributed by atoms with E-state index in [0.29, 0.717) is 38.4 Å². The van der Waals surface area contributed by atoms with Crippen molar-refractivity contribution in [2.45, 2.75) is 23.8 Å². The van der Waals surface area contributed by atoms with Gasteiger partial charge in [-0.05, 0) is 18.9 Å². The maximum absolute atomic E-state index is 12.6. The van der Waals surface area contributed by atoms with Gasteiger partial charge in [-0.2, -0.15) is 4.31 Å². The zero-order valence-electron chi connectivity index (χ0n) is 12.0. The number of nitrogens with zero attached hydrogens (tertiary/aromatic N) is 2. The molecule has 1 saturated heterocycles. The van der Waals surface area contributed by atoms with Crippen LogP contribution in [0.2, 0.25) is 0 Å². The number of sulfonamides is 1. The number of anilines is 1. The van der Waals surface area contributed by atoms with Gasteiger partial charge in [0, 0.05) is 32.4 Å². The van der Waals surface area contributed by atoms with E-state index in [4.69, 9.17) is 9.84 Å². The lowest BCUT2D eigenvalue weighted by Crippen LogP contribution is -2.41. The van der Waals surface area contributed by atoms with Crippen LogP contribution in [0.15, 0.2) is 23.2 Å². The number of piperidine rings is 1. The van der Waals surface area contributed by atoms with Crippen LogP contribution in [0.3, 0.4) is 0 Å². The first-order valence-electron chi connectivity index (χ1n) is 6.94. The van der Waals surface area contributed by atoms with Crippen LogP contribution in [-0.4, -0.2) is 62.3 Å². The maximum Gasteiger partial charge on any atom is 0.243 e. The summed E-state index contributed by atoms with van der Waals surface area (Å²) in [6.07, 6.45) is 2.79. The molecular formula is C13H21N3O4S. The van der Waals surface area contributed by atoms with Crippen molar-refractivity contribution in [3.05, 3.63) is 18.3 Å². The number of hydrogen-bond donors (Lipinski definition) is 2. The van der Waals surface area contributed by atoms with E-state index >= 15 is 0 Å². The standard InChI is InChI=1S/C13H21N3O4S/c1-14-13-10-12(2-5-15-13)21(18,19)16-6-3-11(4-7-16)20-9-8-17/h2,5,10-11,17H,3-4,6-9H2,1H3,(H,14,15). The number of hydrogen-bond acceptors (Lipinski definition) is 6. The Morgan fingerprint density at radius 1 is 1.48 bits per heavy atom. The molecule has 0 spiro atoms. The molecule has 0 aliphatic carbocycles. The van der Waals surface area contributed by atoms with E-state index in [9.17, 15) is 8.42 Å². The third-order valence-electron chi connectivity index (χ3n) is 3.47. The van der Waals surface area contributed by atoms with Gasteiger partial charge in [-0.15, -0.1) is 0 Å². The summed E-state index contributed by atoms with van der Waals surface area (Å²) in [5.41, 5.74) is 0. The van der Waals surface area contributed by atoms with Gasteiger partial charge in [0.15, 0.2) is 0 Å². The molecule has 2 N–H and O–H groups in total. The summed E-state index contributed by atoms with van der Waals surface area (Å²) in [4.78, 5) is 4.27. The van der Waals surface area contributed by atoms with Gasteiger partial charge in [0.2, 0.25) is 10.0 Å². The highest BCUT2D eigenvalue weighted by atomic mass is 32.2. The molecule has 1 aromatic heterocycles. The third-order valence-corrected chi connectivity index (χ3v) is 5.37. The van der Waals surface area contributed by atoms with Gasteiger partial charge in [0.1, 0.15) is 5.82 Å². The van der Waals surface area contributed by atoms with E-state index in [0.717, 1.165) is 0 Å². The number of rotatable bonds is 6. The number of ether oxygens (including phenoxy) is 1. The molecule has 0 radical (unpaired) electrons. The lowest BCUT2D eigenvalue weighted by atomic mass is 10.1. The second kappa shape index (κ2) is 7.17. The zero-order valence-corrected chi connectivity index (χ0v) is 12.8. The Bertz CT molecular complexity index is 556. The summed E-state index contributed by atoms with van der Waals surface area (Å²) < 4.78 is 32.0. The molecule has 118 valence electrons. The van der Waals surface area contributed by atoms with Gasteiger partial charge in [0.25, 0.3) is 0 Å². The summed E-state index contributed by atoms with van der Waals surface area (Å²) in [6, 6.07) is 3.04. The molecule has 0 atom stereocenters. The SMILES string of the molecule is CNc1cc(S(=O)(=O)N2CCC(OCCO)CC2)ccn1. The highest BCUT2D eigenvalue weighted by molar-refractivity contribution is 7.89. The van der Waals surface area contributed by atoms with Gasteiger partial charge in [0.05, 0.1) is 24.2 Å². The Labute approximate surface area is 125 Å². The fourth-order valence-corrected chi connectivity index (χ4v) is 3.80. The molecule has 21 heavy (non-hydrogen) atoms. The van der Waals surface area contributed by atoms with Gasteiger partial charge in [-0.1, -0.05) is 0 Å². The molecule has 7 nitrogen and oxygen atoms in total. The van der Waals surface area contributed by atoms with Crippen molar-refractivity contribution in [3.63, 3.8) is 0 Å². The Hall–Kier alpha value is -1.22. The lowest BCUT2D eigenvalue weighted by molar-refractivity contribution is 0.00318. The quantitative estimate of drug-likeness (QED) is 0.784. The van der Waals surface area contributed by atoms with E-state index in [1.54, 1.807) is 7.05 Å². The van der Waals surface area contributed by atoms with Gasteiger partial charge in [-0.25, -0.2) is 13.4 Å². The van der Waals surface area contributed by atoms with Crippen molar-refractivity contribution in [1.29, 1.82) is 0 Å². The minimum Gasteiger partial charge on any atom is -0.394 e. The van der Waals surface area contributed by atoms with Crippen molar-refractivity contribution in [1.82, 2.24) is 9.29 Å². The van der Waals surface area contributed by atoms with Crippen LogP contribution in [0.5, 0.6) is 0 Å². The molecule has 1 fully saturated rings. The number of pyridine rings is 1. The summed E-state index contributed by atoms with van der Waals surface area (Å²) in [5, 5.41) is 11.6. The van der Waals surface area contributed by atoms with E-state index in [-0.39, 0.29) is 17.6 Å². The topological polar surface area (TPSA) is 91.8 Å². The average molecular weight is 315 g/mol. The number of nitrogens with one attached hydrogen (secondary N) is 1. The summed E-state index contributed by atoms with van der Waals surface area (Å²) >= 11 is 0.